The third kappa shape index (κ3) is 2.66. The molecule has 0 aromatic heterocycles. The smallest absolute Gasteiger partial charge is 0.337 e. The minimum Gasteiger partial charge on any atom is -0.478 e. The zero-order valence-electron chi connectivity index (χ0n) is 11.1. The van der Waals surface area contributed by atoms with E-state index < -0.39 is 5.97 Å². The lowest BCUT2D eigenvalue weighted by atomic mass is 9.97. The molecule has 1 aliphatic carbocycles. The summed E-state index contributed by atoms with van der Waals surface area (Å²) in [7, 11) is 0. The molecule has 0 aliphatic heterocycles. The van der Waals surface area contributed by atoms with Gasteiger partial charge in [-0.05, 0) is 36.8 Å². The van der Waals surface area contributed by atoms with Gasteiger partial charge < -0.3 is 10.4 Å². The Morgan fingerprint density at radius 2 is 2.22 bits per heavy atom. The van der Waals surface area contributed by atoms with E-state index in [9.17, 15) is 9.90 Å². The summed E-state index contributed by atoms with van der Waals surface area (Å²) in [6.07, 6.45) is 3.85. The molecule has 3 nitrogen and oxygen atoms in total. The molecule has 1 aliphatic rings. The van der Waals surface area contributed by atoms with Crippen LogP contribution in [0.4, 0.5) is 5.69 Å². The van der Waals surface area contributed by atoms with Crippen molar-refractivity contribution in [1.82, 2.24) is 0 Å². The number of nitrogens with one attached hydrogen (secondary N) is 1. The SMILES string of the molecule is Cc1cccc(C(=O)O)c1NCC1CCCC1C. The minimum atomic E-state index is -0.860. The fourth-order valence-corrected chi connectivity index (χ4v) is 2.84. The first-order valence-electron chi connectivity index (χ1n) is 6.66. The molecule has 0 saturated heterocycles. The highest BCUT2D eigenvalue weighted by Crippen LogP contribution is 2.32. The maximum absolute atomic E-state index is 11.2. The second-order valence-corrected chi connectivity index (χ2v) is 5.35. The summed E-state index contributed by atoms with van der Waals surface area (Å²) < 4.78 is 0. The number of carboxylic acids is 1. The van der Waals surface area contributed by atoms with Gasteiger partial charge in [0.1, 0.15) is 0 Å². The minimum absolute atomic E-state index is 0.376. The van der Waals surface area contributed by atoms with Gasteiger partial charge in [0.25, 0.3) is 0 Å². The summed E-state index contributed by atoms with van der Waals surface area (Å²) in [4.78, 5) is 11.2. The lowest BCUT2D eigenvalue weighted by Crippen LogP contribution is -2.18. The van der Waals surface area contributed by atoms with Crippen LogP contribution in [0.5, 0.6) is 0 Å². The van der Waals surface area contributed by atoms with Crippen LogP contribution in [0.25, 0.3) is 0 Å². The third-order valence-electron chi connectivity index (χ3n) is 4.08. The number of aryl methyl sites for hydroxylation is 1. The molecule has 98 valence electrons. The van der Waals surface area contributed by atoms with Crippen LogP contribution >= 0.6 is 0 Å². The summed E-state index contributed by atoms with van der Waals surface area (Å²) in [6.45, 7) is 5.12. The Labute approximate surface area is 108 Å². The monoisotopic (exact) mass is 247 g/mol. The molecule has 0 heterocycles. The van der Waals surface area contributed by atoms with Gasteiger partial charge >= 0.3 is 5.97 Å². The predicted molar refractivity (Wildman–Crippen MR) is 73.1 cm³/mol. The fourth-order valence-electron chi connectivity index (χ4n) is 2.84. The highest BCUT2D eigenvalue weighted by molar-refractivity contribution is 5.95. The quantitative estimate of drug-likeness (QED) is 0.855. The van der Waals surface area contributed by atoms with Gasteiger partial charge in [0.15, 0.2) is 0 Å². The van der Waals surface area contributed by atoms with Crippen molar-refractivity contribution in [3.8, 4) is 0 Å². The van der Waals surface area contributed by atoms with Gasteiger partial charge in [-0.1, -0.05) is 31.9 Å². The van der Waals surface area contributed by atoms with E-state index in [0.717, 1.165) is 23.7 Å². The number of anilines is 1. The molecule has 1 aromatic rings. The van der Waals surface area contributed by atoms with E-state index in [1.165, 1.54) is 19.3 Å². The Bertz CT molecular complexity index is 442. The number of carboxylic acid groups (broad SMARTS) is 1. The number of carbonyl (C=O) groups is 1. The molecule has 2 N–H and O–H groups in total. The van der Waals surface area contributed by atoms with Crippen LogP contribution in [0.15, 0.2) is 18.2 Å². The molecule has 18 heavy (non-hydrogen) atoms. The van der Waals surface area contributed by atoms with Crippen LogP contribution in [0, 0.1) is 18.8 Å². The molecule has 1 saturated carbocycles. The number of para-hydroxylation sites is 1. The average molecular weight is 247 g/mol. The molecule has 0 radical (unpaired) electrons. The first kappa shape index (κ1) is 12.9. The van der Waals surface area contributed by atoms with Gasteiger partial charge in [-0.15, -0.1) is 0 Å². The summed E-state index contributed by atoms with van der Waals surface area (Å²) in [6, 6.07) is 5.41. The lowest BCUT2D eigenvalue weighted by molar-refractivity contribution is 0.0698. The first-order chi connectivity index (χ1) is 8.59. The van der Waals surface area contributed by atoms with E-state index in [4.69, 9.17) is 0 Å². The van der Waals surface area contributed by atoms with Crippen molar-refractivity contribution in [2.75, 3.05) is 11.9 Å². The van der Waals surface area contributed by atoms with Crippen LogP contribution < -0.4 is 5.32 Å². The van der Waals surface area contributed by atoms with E-state index in [1.807, 2.05) is 13.0 Å². The van der Waals surface area contributed by atoms with E-state index in [-0.39, 0.29) is 0 Å². The van der Waals surface area contributed by atoms with Crippen molar-refractivity contribution >= 4 is 11.7 Å². The Morgan fingerprint density at radius 1 is 1.44 bits per heavy atom. The van der Waals surface area contributed by atoms with Gasteiger partial charge in [-0.25, -0.2) is 4.79 Å². The zero-order valence-corrected chi connectivity index (χ0v) is 11.1. The molecule has 3 heteroatoms. The molecule has 2 atom stereocenters. The molecule has 2 rings (SSSR count). The molecule has 2 unspecified atom stereocenters. The highest BCUT2D eigenvalue weighted by atomic mass is 16.4. The highest BCUT2D eigenvalue weighted by Gasteiger charge is 2.23. The molecule has 0 bridgehead atoms. The normalized spacial score (nSPS) is 23.0. The standard InChI is InChI=1S/C15H21NO2/c1-10-5-3-7-12(10)9-16-14-11(2)6-4-8-13(14)15(17)18/h4,6,8,10,12,16H,3,5,7,9H2,1-2H3,(H,17,18). The summed E-state index contributed by atoms with van der Waals surface area (Å²) in [5.41, 5.74) is 2.16. The zero-order chi connectivity index (χ0) is 13.1. The van der Waals surface area contributed by atoms with Gasteiger partial charge in [-0.2, -0.15) is 0 Å². The van der Waals surface area contributed by atoms with Gasteiger partial charge in [0.2, 0.25) is 0 Å². The van der Waals surface area contributed by atoms with Crippen molar-refractivity contribution in [2.24, 2.45) is 11.8 Å². The van der Waals surface area contributed by atoms with Gasteiger partial charge in [0, 0.05) is 6.54 Å². The van der Waals surface area contributed by atoms with Crippen LogP contribution in [0.2, 0.25) is 0 Å². The van der Waals surface area contributed by atoms with Crippen molar-refractivity contribution in [2.45, 2.75) is 33.1 Å². The van der Waals surface area contributed by atoms with Crippen molar-refractivity contribution < 1.29 is 9.90 Å². The molecule has 0 spiro atoms. The summed E-state index contributed by atoms with van der Waals surface area (Å²) in [5, 5.41) is 12.5. The number of benzene rings is 1. The number of rotatable bonds is 4. The number of aromatic carboxylic acids is 1. The van der Waals surface area contributed by atoms with Crippen LogP contribution in [0.1, 0.15) is 42.1 Å². The first-order valence-corrected chi connectivity index (χ1v) is 6.66. The average Bonchev–Trinajstić information content (AvgIpc) is 2.73. The van der Waals surface area contributed by atoms with E-state index in [2.05, 4.69) is 12.2 Å². The molecular formula is C15H21NO2. The van der Waals surface area contributed by atoms with Crippen molar-refractivity contribution in [1.29, 1.82) is 0 Å². The summed E-state index contributed by atoms with van der Waals surface area (Å²) >= 11 is 0. The second kappa shape index (κ2) is 5.42. The Balaban J connectivity index is 2.11. The fraction of sp³-hybridized carbons (Fsp3) is 0.533. The third-order valence-corrected chi connectivity index (χ3v) is 4.08. The molecular weight excluding hydrogens is 226 g/mol. The Morgan fingerprint density at radius 3 is 2.83 bits per heavy atom. The van der Waals surface area contributed by atoms with Crippen molar-refractivity contribution in [3.63, 3.8) is 0 Å². The maximum atomic E-state index is 11.2. The Hall–Kier alpha value is -1.51. The summed E-state index contributed by atoms with van der Waals surface area (Å²) in [5.74, 6) is 0.557. The van der Waals surface area contributed by atoms with E-state index >= 15 is 0 Å². The molecule has 0 amide bonds. The van der Waals surface area contributed by atoms with Gasteiger partial charge in [-0.3, -0.25) is 0 Å². The topological polar surface area (TPSA) is 49.3 Å². The van der Waals surface area contributed by atoms with Crippen LogP contribution in [-0.2, 0) is 0 Å². The maximum Gasteiger partial charge on any atom is 0.337 e. The lowest BCUT2D eigenvalue weighted by Gasteiger charge is -2.19. The number of hydrogen-bond donors (Lipinski definition) is 2. The molecule has 1 aromatic carbocycles. The van der Waals surface area contributed by atoms with Crippen molar-refractivity contribution in [3.05, 3.63) is 29.3 Å². The second-order valence-electron chi connectivity index (χ2n) is 5.35. The van der Waals surface area contributed by atoms with Gasteiger partial charge in [0.05, 0.1) is 11.3 Å². The number of hydrogen-bond acceptors (Lipinski definition) is 2. The van der Waals surface area contributed by atoms with E-state index in [1.54, 1.807) is 12.1 Å². The van der Waals surface area contributed by atoms with Crippen LogP contribution in [-0.4, -0.2) is 17.6 Å². The predicted octanol–water partition coefficient (Wildman–Crippen LogP) is 3.54. The largest absolute Gasteiger partial charge is 0.478 e. The molecule has 1 fully saturated rings. The Kier molecular flexibility index (Phi) is 3.90. The van der Waals surface area contributed by atoms with Crippen LogP contribution in [0.3, 0.4) is 0 Å². The van der Waals surface area contributed by atoms with E-state index in [0.29, 0.717) is 11.5 Å².